The Morgan fingerprint density at radius 3 is 2.58 bits per heavy atom. The molecule has 1 heterocycles. The standard InChI is InChI=1S/C13H22N4O2/c1-9(2)7-15-13(19)16-11(18)8-17-6-5-14-12(17)10(3)4/h5-6,9-10H,7-8H2,1-4H3,(H2,15,16,18,19). The van der Waals surface area contributed by atoms with Crippen molar-refractivity contribution < 1.29 is 9.59 Å². The van der Waals surface area contributed by atoms with Crippen molar-refractivity contribution in [3.8, 4) is 0 Å². The molecule has 3 amide bonds. The van der Waals surface area contributed by atoms with Crippen LogP contribution in [0.2, 0.25) is 0 Å². The minimum Gasteiger partial charge on any atom is -0.338 e. The van der Waals surface area contributed by atoms with Gasteiger partial charge in [0.1, 0.15) is 12.4 Å². The number of imidazole rings is 1. The van der Waals surface area contributed by atoms with Crippen LogP contribution in [-0.4, -0.2) is 28.0 Å². The zero-order valence-corrected chi connectivity index (χ0v) is 11.9. The molecule has 0 aromatic carbocycles. The maximum absolute atomic E-state index is 11.7. The van der Waals surface area contributed by atoms with E-state index in [0.717, 1.165) is 5.82 Å². The molecule has 0 saturated carbocycles. The Morgan fingerprint density at radius 2 is 2.00 bits per heavy atom. The highest BCUT2D eigenvalue weighted by molar-refractivity contribution is 5.94. The fraction of sp³-hybridized carbons (Fsp3) is 0.615. The van der Waals surface area contributed by atoms with E-state index in [9.17, 15) is 9.59 Å². The summed E-state index contributed by atoms with van der Waals surface area (Å²) in [6.07, 6.45) is 3.39. The molecule has 0 radical (unpaired) electrons. The third-order valence-electron chi connectivity index (χ3n) is 2.50. The Labute approximate surface area is 113 Å². The summed E-state index contributed by atoms with van der Waals surface area (Å²) in [4.78, 5) is 27.3. The van der Waals surface area contributed by atoms with Crippen LogP contribution in [0.5, 0.6) is 0 Å². The molecule has 6 nitrogen and oxygen atoms in total. The summed E-state index contributed by atoms with van der Waals surface area (Å²) in [6, 6.07) is -0.454. The maximum atomic E-state index is 11.7. The molecule has 0 bridgehead atoms. The molecule has 0 fully saturated rings. The second kappa shape index (κ2) is 6.92. The third kappa shape index (κ3) is 5.11. The summed E-state index contributed by atoms with van der Waals surface area (Å²) in [5, 5.41) is 4.94. The van der Waals surface area contributed by atoms with Crippen molar-refractivity contribution in [1.29, 1.82) is 0 Å². The van der Waals surface area contributed by atoms with Gasteiger partial charge in [0.2, 0.25) is 5.91 Å². The minimum absolute atomic E-state index is 0.0998. The van der Waals surface area contributed by atoms with E-state index in [1.165, 1.54) is 0 Å². The van der Waals surface area contributed by atoms with E-state index in [2.05, 4.69) is 15.6 Å². The Bertz CT molecular complexity index is 438. The predicted octanol–water partition coefficient (Wildman–Crippen LogP) is 1.49. The highest BCUT2D eigenvalue weighted by Crippen LogP contribution is 2.11. The molecule has 0 aliphatic carbocycles. The summed E-state index contributed by atoms with van der Waals surface area (Å²) in [7, 11) is 0. The first kappa shape index (κ1) is 15.2. The Hall–Kier alpha value is -1.85. The maximum Gasteiger partial charge on any atom is 0.321 e. The van der Waals surface area contributed by atoms with Gasteiger partial charge in [-0.25, -0.2) is 9.78 Å². The van der Waals surface area contributed by atoms with E-state index >= 15 is 0 Å². The Morgan fingerprint density at radius 1 is 1.32 bits per heavy atom. The van der Waals surface area contributed by atoms with Crippen LogP contribution in [0.15, 0.2) is 12.4 Å². The highest BCUT2D eigenvalue weighted by atomic mass is 16.2. The van der Waals surface area contributed by atoms with Crippen molar-refractivity contribution >= 4 is 11.9 Å². The van der Waals surface area contributed by atoms with Gasteiger partial charge in [-0.1, -0.05) is 27.7 Å². The fourth-order valence-corrected chi connectivity index (χ4v) is 1.62. The van der Waals surface area contributed by atoms with E-state index in [1.54, 1.807) is 17.0 Å². The van der Waals surface area contributed by atoms with Crippen LogP contribution in [0, 0.1) is 5.92 Å². The van der Waals surface area contributed by atoms with Crippen LogP contribution in [0.1, 0.15) is 39.4 Å². The number of imide groups is 1. The Balaban J connectivity index is 2.47. The molecule has 19 heavy (non-hydrogen) atoms. The molecule has 2 N–H and O–H groups in total. The summed E-state index contributed by atoms with van der Waals surface area (Å²) >= 11 is 0. The van der Waals surface area contributed by atoms with E-state index in [-0.39, 0.29) is 18.4 Å². The number of carbonyl (C=O) groups is 2. The first-order valence-electron chi connectivity index (χ1n) is 6.48. The van der Waals surface area contributed by atoms with E-state index in [0.29, 0.717) is 12.5 Å². The van der Waals surface area contributed by atoms with Crippen molar-refractivity contribution in [2.75, 3.05) is 6.54 Å². The number of nitrogens with zero attached hydrogens (tertiary/aromatic N) is 2. The summed E-state index contributed by atoms with van der Waals surface area (Å²) in [5.41, 5.74) is 0. The first-order chi connectivity index (χ1) is 8.90. The van der Waals surface area contributed by atoms with Crippen molar-refractivity contribution in [1.82, 2.24) is 20.2 Å². The first-order valence-corrected chi connectivity index (χ1v) is 6.48. The van der Waals surface area contributed by atoms with Crippen LogP contribution in [0.25, 0.3) is 0 Å². The summed E-state index contributed by atoms with van der Waals surface area (Å²) in [5.74, 6) is 1.07. The van der Waals surface area contributed by atoms with Crippen molar-refractivity contribution in [2.45, 2.75) is 40.2 Å². The van der Waals surface area contributed by atoms with Gasteiger partial charge in [0.15, 0.2) is 0 Å². The van der Waals surface area contributed by atoms with Crippen molar-refractivity contribution in [3.63, 3.8) is 0 Å². The zero-order chi connectivity index (χ0) is 14.4. The van der Waals surface area contributed by atoms with Crippen molar-refractivity contribution in [3.05, 3.63) is 18.2 Å². The summed E-state index contributed by atoms with van der Waals surface area (Å²) in [6.45, 7) is 8.63. The lowest BCUT2D eigenvalue weighted by Crippen LogP contribution is -2.42. The molecule has 1 rings (SSSR count). The number of rotatable bonds is 5. The second-order valence-electron chi connectivity index (χ2n) is 5.22. The quantitative estimate of drug-likeness (QED) is 0.847. The third-order valence-corrected chi connectivity index (χ3v) is 2.50. The van der Waals surface area contributed by atoms with Crippen LogP contribution < -0.4 is 10.6 Å². The molecule has 1 aromatic heterocycles. The lowest BCUT2D eigenvalue weighted by Gasteiger charge is -2.11. The van der Waals surface area contributed by atoms with Gasteiger partial charge in [0.25, 0.3) is 0 Å². The van der Waals surface area contributed by atoms with Gasteiger partial charge in [0.05, 0.1) is 0 Å². The molecule has 6 heteroatoms. The van der Waals surface area contributed by atoms with E-state index in [4.69, 9.17) is 0 Å². The molecular weight excluding hydrogens is 244 g/mol. The number of urea groups is 1. The molecular formula is C13H22N4O2. The smallest absolute Gasteiger partial charge is 0.321 e. The number of nitrogens with one attached hydrogen (secondary N) is 2. The van der Waals surface area contributed by atoms with Gasteiger partial charge in [-0.3, -0.25) is 10.1 Å². The summed E-state index contributed by atoms with van der Waals surface area (Å²) < 4.78 is 1.75. The zero-order valence-electron chi connectivity index (χ0n) is 11.9. The number of carbonyl (C=O) groups excluding carboxylic acids is 2. The molecule has 0 spiro atoms. The fourth-order valence-electron chi connectivity index (χ4n) is 1.62. The molecule has 0 atom stereocenters. The predicted molar refractivity (Wildman–Crippen MR) is 72.7 cm³/mol. The van der Waals surface area contributed by atoms with Gasteiger partial charge in [0, 0.05) is 24.9 Å². The van der Waals surface area contributed by atoms with Crippen LogP contribution >= 0.6 is 0 Å². The second-order valence-corrected chi connectivity index (χ2v) is 5.22. The largest absolute Gasteiger partial charge is 0.338 e. The highest BCUT2D eigenvalue weighted by Gasteiger charge is 2.12. The lowest BCUT2D eigenvalue weighted by molar-refractivity contribution is -0.120. The molecule has 0 aliphatic heterocycles. The molecule has 0 unspecified atom stereocenters. The Kier molecular flexibility index (Phi) is 5.54. The average molecular weight is 266 g/mol. The van der Waals surface area contributed by atoms with Crippen molar-refractivity contribution in [2.24, 2.45) is 5.92 Å². The molecule has 106 valence electrons. The topological polar surface area (TPSA) is 76.0 Å². The number of aromatic nitrogens is 2. The molecule has 0 saturated heterocycles. The van der Waals surface area contributed by atoms with Crippen LogP contribution in [0.4, 0.5) is 4.79 Å². The lowest BCUT2D eigenvalue weighted by atomic mass is 10.2. The molecule has 1 aromatic rings. The molecule has 0 aliphatic rings. The van der Waals surface area contributed by atoms with Gasteiger partial charge >= 0.3 is 6.03 Å². The number of amides is 3. The van der Waals surface area contributed by atoms with Gasteiger partial charge in [-0.15, -0.1) is 0 Å². The van der Waals surface area contributed by atoms with E-state index in [1.807, 2.05) is 27.7 Å². The van der Waals surface area contributed by atoms with Gasteiger partial charge < -0.3 is 9.88 Å². The number of hydrogen-bond acceptors (Lipinski definition) is 3. The normalized spacial score (nSPS) is 10.8. The monoisotopic (exact) mass is 266 g/mol. The van der Waals surface area contributed by atoms with Crippen LogP contribution in [0.3, 0.4) is 0 Å². The van der Waals surface area contributed by atoms with Gasteiger partial charge in [-0.2, -0.15) is 0 Å². The SMILES string of the molecule is CC(C)CNC(=O)NC(=O)Cn1ccnc1C(C)C. The van der Waals surface area contributed by atoms with Gasteiger partial charge in [-0.05, 0) is 5.92 Å². The van der Waals surface area contributed by atoms with Crippen LogP contribution in [-0.2, 0) is 11.3 Å². The minimum atomic E-state index is -0.454. The van der Waals surface area contributed by atoms with E-state index < -0.39 is 6.03 Å². The number of hydrogen-bond donors (Lipinski definition) is 2. The average Bonchev–Trinajstić information content (AvgIpc) is 2.74.